The summed E-state index contributed by atoms with van der Waals surface area (Å²) < 4.78 is 11.2. The summed E-state index contributed by atoms with van der Waals surface area (Å²) in [4.78, 5) is 2.33. The summed E-state index contributed by atoms with van der Waals surface area (Å²) in [5, 5.41) is 0. The Bertz CT molecular complexity index is 173. The Morgan fingerprint density at radius 1 is 1.29 bits per heavy atom. The monoisotopic (exact) mass is 201 g/mol. The van der Waals surface area contributed by atoms with Crippen molar-refractivity contribution in [2.45, 2.75) is 51.5 Å². The van der Waals surface area contributed by atoms with E-state index in [1.54, 1.807) is 7.11 Å². The fraction of sp³-hybridized carbons (Fsp3) is 1.00. The van der Waals surface area contributed by atoms with Gasteiger partial charge in [-0.15, -0.1) is 0 Å². The van der Waals surface area contributed by atoms with Crippen LogP contribution >= 0.6 is 0 Å². The lowest BCUT2D eigenvalue weighted by molar-refractivity contribution is -0.0207. The summed E-state index contributed by atoms with van der Waals surface area (Å²) in [6, 6.07) is 0.502. The van der Waals surface area contributed by atoms with Gasteiger partial charge in [-0.05, 0) is 34.2 Å². The largest absolute Gasteiger partial charge is 0.380 e. The van der Waals surface area contributed by atoms with Gasteiger partial charge >= 0.3 is 0 Å². The van der Waals surface area contributed by atoms with Crippen LogP contribution < -0.4 is 0 Å². The topological polar surface area (TPSA) is 21.7 Å². The Morgan fingerprint density at radius 2 is 1.93 bits per heavy atom. The molecule has 3 nitrogen and oxygen atoms in total. The van der Waals surface area contributed by atoms with Crippen LogP contribution in [0.1, 0.15) is 27.2 Å². The first kappa shape index (κ1) is 12.0. The highest BCUT2D eigenvalue weighted by Gasteiger charge is 2.33. The standard InChI is InChI=1S/C11H23NO2/c1-8(2)14-9(3)11-6-10(13-5)7-12(11)4/h8-11H,6-7H2,1-5H3/t9-,10+,11-/m0/s1. The van der Waals surface area contributed by atoms with Gasteiger partial charge in [0.25, 0.3) is 0 Å². The smallest absolute Gasteiger partial charge is 0.0714 e. The fourth-order valence-corrected chi connectivity index (χ4v) is 2.22. The SMILES string of the molecule is CO[C@@H]1C[C@@H]([C@H](C)OC(C)C)N(C)C1. The molecule has 84 valence electrons. The normalized spacial score (nSPS) is 31.3. The van der Waals surface area contributed by atoms with Gasteiger partial charge in [-0.1, -0.05) is 0 Å². The van der Waals surface area contributed by atoms with Crippen LogP contribution in [-0.2, 0) is 9.47 Å². The predicted molar refractivity (Wildman–Crippen MR) is 57.5 cm³/mol. The molecule has 1 rings (SSSR count). The minimum Gasteiger partial charge on any atom is -0.380 e. The Morgan fingerprint density at radius 3 is 2.36 bits per heavy atom. The molecule has 0 radical (unpaired) electrons. The molecule has 0 aromatic carbocycles. The van der Waals surface area contributed by atoms with Crippen molar-refractivity contribution in [2.24, 2.45) is 0 Å². The minimum absolute atomic E-state index is 0.292. The van der Waals surface area contributed by atoms with Gasteiger partial charge in [0.1, 0.15) is 0 Å². The van der Waals surface area contributed by atoms with Gasteiger partial charge in [-0.2, -0.15) is 0 Å². The van der Waals surface area contributed by atoms with E-state index in [1.165, 1.54) is 0 Å². The average Bonchev–Trinajstić information content (AvgIpc) is 2.45. The van der Waals surface area contributed by atoms with Gasteiger partial charge in [0.05, 0.1) is 18.3 Å². The summed E-state index contributed by atoms with van der Waals surface area (Å²) in [7, 11) is 3.93. The van der Waals surface area contributed by atoms with Crippen molar-refractivity contribution in [1.82, 2.24) is 4.90 Å². The summed E-state index contributed by atoms with van der Waals surface area (Å²) in [5.74, 6) is 0. The number of ether oxygens (including phenoxy) is 2. The number of hydrogen-bond donors (Lipinski definition) is 0. The molecule has 3 atom stereocenters. The molecule has 0 amide bonds. The second kappa shape index (κ2) is 5.10. The first-order chi connectivity index (χ1) is 6.54. The van der Waals surface area contributed by atoms with Crippen molar-refractivity contribution < 1.29 is 9.47 Å². The zero-order valence-electron chi connectivity index (χ0n) is 9.99. The van der Waals surface area contributed by atoms with Crippen molar-refractivity contribution in [1.29, 1.82) is 0 Å². The van der Waals surface area contributed by atoms with Gasteiger partial charge in [0, 0.05) is 19.7 Å². The molecule has 3 heteroatoms. The maximum absolute atomic E-state index is 5.80. The van der Waals surface area contributed by atoms with Crippen LogP contribution in [0.15, 0.2) is 0 Å². The minimum atomic E-state index is 0.292. The number of hydrogen-bond acceptors (Lipinski definition) is 3. The van der Waals surface area contributed by atoms with Crippen LogP contribution in [0, 0.1) is 0 Å². The average molecular weight is 201 g/mol. The molecule has 0 aromatic heterocycles. The summed E-state index contributed by atoms with van der Waals surface area (Å²) in [5.41, 5.74) is 0. The fourth-order valence-electron chi connectivity index (χ4n) is 2.22. The van der Waals surface area contributed by atoms with Crippen molar-refractivity contribution in [3.8, 4) is 0 Å². The number of methoxy groups -OCH3 is 1. The molecule has 14 heavy (non-hydrogen) atoms. The third-order valence-electron chi connectivity index (χ3n) is 2.92. The van der Waals surface area contributed by atoms with Gasteiger partial charge in [0.15, 0.2) is 0 Å². The molecular weight excluding hydrogens is 178 g/mol. The molecule has 1 saturated heterocycles. The molecule has 1 heterocycles. The van der Waals surface area contributed by atoms with E-state index in [0.717, 1.165) is 13.0 Å². The van der Waals surface area contributed by atoms with E-state index < -0.39 is 0 Å². The van der Waals surface area contributed by atoms with Crippen molar-refractivity contribution >= 4 is 0 Å². The van der Waals surface area contributed by atoms with E-state index in [4.69, 9.17) is 9.47 Å². The second-order valence-electron chi connectivity index (χ2n) is 4.49. The van der Waals surface area contributed by atoms with Crippen LogP contribution in [-0.4, -0.2) is 50.0 Å². The number of rotatable bonds is 4. The lowest BCUT2D eigenvalue weighted by atomic mass is 10.1. The van der Waals surface area contributed by atoms with Gasteiger partial charge < -0.3 is 9.47 Å². The van der Waals surface area contributed by atoms with Crippen molar-refractivity contribution in [2.75, 3.05) is 20.7 Å². The van der Waals surface area contributed by atoms with E-state index in [2.05, 4.69) is 32.7 Å². The number of nitrogens with zero attached hydrogens (tertiary/aromatic N) is 1. The maximum Gasteiger partial charge on any atom is 0.0714 e. The van der Waals surface area contributed by atoms with Crippen LogP contribution in [0.2, 0.25) is 0 Å². The van der Waals surface area contributed by atoms with E-state index in [1.807, 2.05) is 0 Å². The zero-order valence-corrected chi connectivity index (χ0v) is 9.99. The lowest BCUT2D eigenvalue weighted by Crippen LogP contribution is -2.37. The highest BCUT2D eigenvalue weighted by Crippen LogP contribution is 2.22. The van der Waals surface area contributed by atoms with Crippen LogP contribution in [0.3, 0.4) is 0 Å². The molecule has 0 aromatic rings. The highest BCUT2D eigenvalue weighted by atomic mass is 16.5. The molecule has 0 bridgehead atoms. The quantitative estimate of drug-likeness (QED) is 0.688. The molecule has 1 aliphatic rings. The first-order valence-corrected chi connectivity index (χ1v) is 5.43. The van der Waals surface area contributed by atoms with Gasteiger partial charge in [0.2, 0.25) is 0 Å². The Labute approximate surface area is 87.4 Å². The molecule has 1 aliphatic heterocycles. The third-order valence-corrected chi connectivity index (χ3v) is 2.92. The van der Waals surface area contributed by atoms with Gasteiger partial charge in [-0.3, -0.25) is 4.90 Å². The molecule has 0 aliphatic carbocycles. The molecule has 0 spiro atoms. The first-order valence-electron chi connectivity index (χ1n) is 5.43. The van der Waals surface area contributed by atoms with E-state index in [9.17, 15) is 0 Å². The van der Waals surface area contributed by atoms with Crippen LogP contribution in [0.25, 0.3) is 0 Å². The van der Waals surface area contributed by atoms with E-state index in [-0.39, 0.29) is 0 Å². The molecule has 0 saturated carbocycles. The second-order valence-corrected chi connectivity index (χ2v) is 4.49. The summed E-state index contributed by atoms with van der Waals surface area (Å²) >= 11 is 0. The van der Waals surface area contributed by atoms with Gasteiger partial charge in [-0.25, -0.2) is 0 Å². The zero-order chi connectivity index (χ0) is 10.7. The van der Waals surface area contributed by atoms with E-state index in [0.29, 0.717) is 24.4 Å². The highest BCUT2D eigenvalue weighted by molar-refractivity contribution is 4.87. The summed E-state index contributed by atoms with van der Waals surface area (Å²) in [6.07, 6.45) is 2.06. The predicted octanol–water partition coefficient (Wildman–Crippen LogP) is 1.52. The molecule has 0 unspecified atom stereocenters. The van der Waals surface area contributed by atoms with Crippen molar-refractivity contribution in [3.63, 3.8) is 0 Å². The lowest BCUT2D eigenvalue weighted by Gasteiger charge is -2.27. The summed E-state index contributed by atoms with van der Waals surface area (Å²) in [6.45, 7) is 7.34. The number of likely N-dealkylation sites (tertiary alicyclic amines) is 1. The Balaban J connectivity index is 2.43. The Kier molecular flexibility index (Phi) is 4.35. The molecule has 1 fully saturated rings. The third kappa shape index (κ3) is 2.94. The van der Waals surface area contributed by atoms with Crippen LogP contribution in [0.5, 0.6) is 0 Å². The molecule has 0 N–H and O–H groups in total. The molecular formula is C11H23NO2. The number of likely N-dealkylation sites (N-methyl/N-ethyl adjacent to an activating group) is 1. The van der Waals surface area contributed by atoms with Crippen LogP contribution in [0.4, 0.5) is 0 Å². The van der Waals surface area contributed by atoms with Crippen molar-refractivity contribution in [3.05, 3.63) is 0 Å². The Hall–Kier alpha value is -0.120. The maximum atomic E-state index is 5.80. The van der Waals surface area contributed by atoms with E-state index >= 15 is 0 Å².